The van der Waals surface area contributed by atoms with Crippen molar-refractivity contribution in [3.63, 3.8) is 0 Å². The summed E-state index contributed by atoms with van der Waals surface area (Å²) >= 11 is 0. The molecule has 0 radical (unpaired) electrons. The molecular formula is C12H24N2O3. The van der Waals surface area contributed by atoms with Crippen LogP contribution in [-0.4, -0.2) is 62.9 Å². The summed E-state index contributed by atoms with van der Waals surface area (Å²) in [5, 5.41) is 2.93. The second-order valence-corrected chi connectivity index (χ2v) is 4.66. The van der Waals surface area contributed by atoms with Crippen LogP contribution in [0.1, 0.15) is 20.3 Å². The number of hydrogen-bond acceptors (Lipinski definition) is 4. The molecule has 0 aromatic carbocycles. The van der Waals surface area contributed by atoms with E-state index in [1.807, 2.05) is 0 Å². The number of morpholine rings is 1. The number of ether oxygens (including phenoxy) is 2. The van der Waals surface area contributed by atoms with Crippen LogP contribution in [0.15, 0.2) is 0 Å². The van der Waals surface area contributed by atoms with Gasteiger partial charge in [0.15, 0.2) is 0 Å². The smallest absolute Gasteiger partial charge is 0.246 e. The van der Waals surface area contributed by atoms with Gasteiger partial charge in [0.1, 0.15) is 6.61 Å². The van der Waals surface area contributed by atoms with Gasteiger partial charge in [-0.1, -0.05) is 6.92 Å². The fraction of sp³-hybridized carbons (Fsp3) is 0.917. The molecule has 5 nitrogen and oxygen atoms in total. The van der Waals surface area contributed by atoms with Crippen molar-refractivity contribution in [2.24, 2.45) is 0 Å². The highest BCUT2D eigenvalue weighted by Crippen LogP contribution is 2.19. The normalized spacial score (nSPS) is 20.9. The molecule has 1 rings (SSSR count). The van der Waals surface area contributed by atoms with Gasteiger partial charge in [-0.2, -0.15) is 0 Å². The molecule has 0 aliphatic carbocycles. The quantitative estimate of drug-likeness (QED) is 0.727. The number of carbonyl (C=O) groups excluding carboxylic acids is 1. The summed E-state index contributed by atoms with van der Waals surface area (Å²) in [6.45, 7) is 8.55. The van der Waals surface area contributed by atoms with E-state index in [9.17, 15) is 4.79 Å². The highest BCUT2D eigenvalue weighted by molar-refractivity contribution is 5.77. The number of nitrogens with one attached hydrogen (secondary N) is 1. The van der Waals surface area contributed by atoms with Crippen LogP contribution in [0.4, 0.5) is 0 Å². The van der Waals surface area contributed by atoms with Crippen molar-refractivity contribution >= 4 is 5.91 Å². The zero-order chi connectivity index (χ0) is 12.7. The van der Waals surface area contributed by atoms with Crippen LogP contribution in [0.2, 0.25) is 0 Å². The molecular weight excluding hydrogens is 220 g/mol. The first-order valence-electron chi connectivity index (χ1n) is 6.21. The Bertz CT molecular complexity index is 242. The third-order valence-electron chi connectivity index (χ3n) is 3.48. The van der Waals surface area contributed by atoms with Gasteiger partial charge in [-0.25, -0.2) is 0 Å². The van der Waals surface area contributed by atoms with Crippen molar-refractivity contribution in [2.75, 3.05) is 46.6 Å². The molecule has 0 aromatic rings. The molecule has 5 heteroatoms. The molecule has 17 heavy (non-hydrogen) atoms. The monoisotopic (exact) mass is 244 g/mol. The summed E-state index contributed by atoms with van der Waals surface area (Å²) in [5.74, 6) is -0.0552. The van der Waals surface area contributed by atoms with Gasteiger partial charge in [0.25, 0.3) is 0 Å². The minimum Gasteiger partial charge on any atom is -0.379 e. The zero-order valence-corrected chi connectivity index (χ0v) is 11.1. The second kappa shape index (κ2) is 6.93. The average molecular weight is 244 g/mol. The Morgan fingerprint density at radius 2 is 2.12 bits per heavy atom. The molecule has 1 aliphatic heterocycles. The zero-order valence-electron chi connectivity index (χ0n) is 11.1. The lowest BCUT2D eigenvalue weighted by Crippen LogP contribution is -2.57. The lowest BCUT2D eigenvalue weighted by Gasteiger charge is -2.43. The van der Waals surface area contributed by atoms with Gasteiger partial charge in [0.2, 0.25) is 5.91 Å². The number of rotatable bonds is 6. The average Bonchev–Trinajstić information content (AvgIpc) is 2.37. The molecule has 0 aromatic heterocycles. The molecule has 1 amide bonds. The van der Waals surface area contributed by atoms with Gasteiger partial charge in [-0.3, -0.25) is 9.69 Å². The van der Waals surface area contributed by atoms with E-state index in [1.54, 1.807) is 0 Å². The van der Waals surface area contributed by atoms with Crippen LogP contribution in [0, 0.1) is 0 Å². The largest absolute Gasteiger partial charge is 0.379 e. The molecule has 0 bridgehead atoms. The number of methoxy groups -OCH3 is 1. The lowest BCUT2D eigenvalue weighted by atomic mass is 9.95. The van der Waals surface area contributed by atoms with Crippen molar-refractivity contribution in [3.05, 3.63) is 0 Å². The number of carbonyl (C=O) groups is 1. The molecule has 0 spiro atoms. The number of hydrogen-bond donors (Lipinski definition) is 1. The van der Waals surface area contributed by atoms with E-state index in [0.717, 1.165) is 32.7 Å². The lowest BCUT2D eigenvalue weighted by molar-refractivity contribution is -0.125. The van der Waals surface area contributed by atoms with Crippen molar-refractivity contribution in [1.82, 2.24) is 10.2 Å². The van der Waals surface area contributed by atoms with Crippen LogP contribution in [0.5, 0.6) is 0 Å². The maximum Gasteiger partial charge on any atom is 0.246 e. The summed E-state index contributed by atoms with van der Waals surface area (Å²) < 4.78 is 10.2. The molecule has 1 N–H and O–H groups in total. The SMILES string of the molecule is CCC(C)(CNC(=O)COC)N1CCOCC1. The molecule has 1 heterocycles. The molecule has 100 valence electrons. The van der Waals surface area contributed by atoms with Gasteiger partial charge < -0.3 is 14.8 Å². The van der Waals surface area contributed by atoms with Crippen LogP contribution in [0.25, 0.3) is 0 Å². The Hall–Kier alpha value is -0.650. The van der Waals surface area contributed by atoms with Gasteiger partial charge in [-0.05, 0) is 13.3 Å². The maximum atomic E-state index is 11.4. The summed E-state index contributed by atoms with van der Waals surface area (Å²) in [5.41, 5.74) is 0.00712. The first kappa shape index (κ1) is 14.4. The van der Waals surface area contributed by atoms with E-state index in [1.165, 1.54) is 7.11 Å². The van der Waals surface area contributed by atoms with Crippen molar-refractivity contribution in [3.8, 4) is 0 Å². The third-order valence-corrected chi connectivity index (χ3v) is 3.48. The highest BCUT2D eigenvalue weighted by atomic mass is 16.5. The van der Waals surface area contributed by atoms with E-state index in [0.29, 0.717) is 6.54 Å². The predicted molar refractivity (Wildman–Crippen MR) is 66.0 cm³/mol. The summed E-state index contributed by atoms with van der Waals surface area (Å²) in [6, 6.07) is 0. The fourth-order valence-corrected chi connectivity index (χ4v) is 2.03. The molecule has 1 saturated heterocycles. The first-order valence-corrected chi connectivity index (χ1v) is 6.21. The van der Waals surface area contributed by atoms with E-state index < -0.39 is 0 Å². The predicted octanol–water partition coefficient (Wildman–Crippen LogP) is 0.250. The molecule has 1 atom stereocenters. The number of nitrogens with zero attached hydrogens (tertiary/aromatic N) is 1. The molecule has 1 aliphatic rings. The van der Waals surface area contributed by atoms with Gasteiger partial charge in [0.05, 0.1) is 13.2 Å². The Balaban J connectivity index is 2.46. The standard InChI is InChI=1S/C12H24N2O3/c1-4-12(2,10-13-11(15)9-16-3)14-5-7-17-8-6-14/h4-10H2,1-3H3,(H,13,15). The summed E-state index contributed by atoms with van der Waals surface area (Å²) in [4.78, 5) is 13.8. The van der Waals surface area contributed by atoms with E-state index in [2.05, 4.69) is 24.1 Å². The van der Waals surface area contributed by atoms with Gasteiger partial charge in [-0.15, -0.1) is 0 Å². The topological polar surface area (TPSA) is 50.8 Å². The Kier molecular flexibility index (Phi) is 5.88. The Morgan fingerprint density at radius 1 is 1.47 bits per heavy atom. The van der Waals surface area contributed by atoms with Gasteiger partial charge >= 0.3 is 0 Å². The Morgan fingerprint density at radius 3 is 2.65 bits per heavy atom. The first-order chi connectivity index (χ1) is 8.12. The fourth-order valence-electron chi connectivity index (χ4n) is 2.03. The molecule has 1 fully saturated rings. The number of amides is 1. The van der Waals surface area contributed by atoms with Crippen LogP contribution >= 0.6 is 0 Å². The van der Waals surface area contributed by atoms with Crippen molar-refractivity contribution in [2.45, 2.75) is 25.8 Å². The van der Waals surface area contributed by atoms with E-state index in [4.69, 9.17) is 9.47 Å². The minimum absolute atomic E-state index is 0.00712. The van der Waals surface area contributed by atoms with Crippen molar-refractivity contribution < 1.29 is 14.3 Å². The van der Waals surface area contributed by atoms with Crippen LogP contribution in [0.3, 0.4) is 0 Å². The minimum atomic E-state index is -0.0552. The van der Waals surface area contributed by atoms with E-state index >= 15 is 0 Å². The highest BCUT2D eigenvalue weighted by Gasteiger charge is 2.31. The second-order valence-electron chi connectivity index (χ2n) is 4.66. The Labute approximate surface area is 103 Å². The maximum absolute atomic E-state index is 11.4. The summed E-state index contributed by atoms with van der Waals surface area (Å²) in [6.07, 6.45) is 1.00. The van der Waals surface area contributed by atoms with Gasteiger partial charge in [0, 0.05) is 32.3 Å². The van der Waals surface area contributed by atoms with Crippen LogP contribution in [-0.2, 0) is 14.3 Å². The van der Waals surface area contributed by atoms with Crippen LogP contribution < -0.4 is 5.32 Å². The van der Waals surface area contributed by atoms with E-state index in [-0.39, 0.29) is 18.1 Å². The molecule has 1 unspecified atom stereocenters. The van der Waals surface area contributed by atoms with Crippen molar-refractivity contribution in [1.29, 1.82) is 0 Å². The molecule has 0 saturated carbocycles. The third kappa shape index (κ3) is 4.26. The summed E-state index contributed by atoms with van der Waals surface area (Å²) in [7, 11) is 1.53.